The molecule has 2 radical (unpaired) electrons. The van der Waals surface area contributed by atoms with Crippen LogP contribution in [0.2, 0.25) is 0 Å². The molecule has 0 aliphatic rings. The number of carbonyl (C=O) groups excluding carboxylic acids is 2. The number of rotatable bonds is 8. The third-order valence-electron chi connectivity index (χ3n) is 2.19. The van der Waals surface area contributed by atoms with Gasteiger partial charge in [-0.1, -0.05) is 0 Å². The summed E-state index contributed by atoms with van der Waals surface area (Å²) in [5, 5.41) is 63.6. The monoisotopic (exact) mass is 512 g/mol. The van der Waals surface area contributed by atoms with Crippen molar-refractivity contribution in [3.05, 3.63) is 0 Å². The first kappa shape index (κ1) is 38.5. The van der Waals surface area contributed by atoms with Crippen molar-refractivity contribution in [3.63, 3.8) is 0 Å². The third-order valence-corrected chi connectivity index (χ3v) is 2.19. The second kappa shape index (κ2) is 23.1. The van der Waals surface area contributed by atoms with Crippen LogP contribution in [0.25, 0.3) is 0 Å². The van der Waals surface area contributed by atoms with E-state index in [0.29, 0.717) is 0 Å². The molecule has 0 aliphatic carbocycles. The van der Waals surface area contributed by atoms with Crippen molar-refractivity contribution in [1.82, 2.24) is 0 Å². The second-order valence-electron chi connectivity index (χ2n) is 4.03. The van der Waals surface area contributed by atoms with Crippen molar-refractivity contribution >= 4 is 35.5 Å². The van der Waals surface area contributed by atoms with Gasteiger partial charge in [0.05, 0.1) is 11.9 Å². The fraction of sp³-hybridized carbons (Fsp3) is 0.500. The largest absolute Gasteiger partial charge is 2.00 e. The molecular formula is C12H12Cu2N4Na2O8. The quantitative estimate of drug-likeness (QED) is 0.131. The fourth-order valence-electron chi connectivity index (χ4n) is 1.13. The van der Waals surface area contributed by atoms with E-state index in [2.05, 4.69) is 20.0 Å². The van der Waals surface area contributed by atoms with Gasteiger partial charge in [0, 0.05) is 38.0 Å². The van der Waals surface area contributed by atoms with Crippen molar-refractivity contribution in [3.8, 4) is 0 Å². The van der Waals surface area contributed by atoms with Crippen LogP contribution in [0.4, 0.5) is 0 Å². The average Bonchev–Trinajstić information content (AvgIpc) is 2.52. The van der Waals surface area contributed by atoms with Crippen LogP contribution in [0.1, 0.15) is 12.8 Å². The summed E-state index contributed by atoms with van der Waals surface area (Å²) in [6.07, 6.45) is 0.143. The predicted molar refractivity (Wildman–Crippen MR) is 68.5 cm³/mol. The molecule has 0 atom stereocenters. The average molecular weight is 513 g/mol. The molecule has 0 N–H and O–H groups in total. The molecule has 12 nitrogen and oxygen atoms in total. The molecule has 0 saturated heterocycles. The molecule has 0 bridgehead atoms. The fourth-order valence-corrected chi connectivity index (χ4v) is 1.13. The first-order valence-corrected chi connectivity index (χ1v) is 6.54. The molecule has 16 heteroatoms. The molecule has 0 aromatic carbocycles. The number of aliphatic carboxylic acids is 2. The molecule has 0 aliphatic heterocycles. The predicted octanol–water partition coefficient (Wildman–Crippen LogP) is -13.7. The van der Waals surface area contributed by atoms with Crippen LogP contribution in [0.3, 0.4) is 0 Å². The number of aliphatic imine (C=N–C) groups is 4. The van der Waals surface area contributed by atoms with Crippen molar-refractivity contribution in [1.29, 1.82) is 0 Å². The Balaban J connectivity index is -0.000000441. The van der Waals surface area contributed by atoms with E-state index < -0.39 is 35.5 Å². The Morgan fingerprint density at radius 1 is 0.500 bits per heavy atom. The van der Waals surface area contributed by atoms with Crippen molar-refractivity contribution in [2.45, 2.75) is 12.8 Å². The molecule has 0 aromatic rings. The van der Waals surface area contributed by atoms with Crippen LogP contribution in [0.5, 0.6) is 0 Å². The second-order valence-corrected chi connectivity index (χ2v) is 4.03. The van der Waals surface area contributed by atoms with Gasteiger partial charge in [-0.3, -0.25) is 9.98 Å². The molecule has 0 amide bonds. The summed E-state index contributed by atoms with van der Waals surface area (Å²) in [6.45, 7) is -0.690. The summed E-state index contributed by atoms with van der Waals surface area (Å²) in [5.74, 6) is -8.99. The van der Waals surface area contributed by atoms with Gasteiger partial charge < -0.3 is 50.2 Å². The van der Waals surface area contributed by atoms with Crippen LogP contribution < -0.4 is 89.8 Å². The Morgan fingerprint density at radius 2 is 0.714 bits per heavy atom. The van der Waals surface area contributed by atoms with Crippen molar-refractivity contribution < 1.29 is 133 Å². The number of carboxylic acid groups (broad SMARTS) is 2. The SMILES string of the molecule is O=C([O-])C([O-])=NCCCN=C([O-])C([O-])=NCCCN=C([O-])C(=O)[O-].[Cu+2].[Cu+2].[Na+].[Na+]. The van der Waals surface area contributed by atoms with Crippen molar-refractivity contribution in [2.24, 2.45) is 20.0 Å². The molecule has 0 heterocycles. The van der Waals surface area contributed by atoms with Gasteiger partial charge in [-0.2, -0.15) is 0 Å². The van der Waals surface area contributed by atoms with E-state index in [-0.39, 0.29) is 132 Å². The topological polar surface area (TPSA) is 222 Å². The molecule has 0 unspecified atom stereocenters. The molecule has 28 heavy (non-hydrogen) atoms. The Hall–Kier alpha value is -0.141. The molecule has 0 aromatic heterocycles. The van der Waals surface area contributed by atoms with Gasteiger partial charge in [-0.15, -0.1) is 0 Å². The number of nitrogens with zero attached hydrogens (tertiary/aromatic N) is 4. The Kier molecular flexibility index (Phi) is 31.8. The van der Waals surface area contributed by atoms with Crippen LogP contribution in [-0.2, 0) is 43.7 Å². The van der Waals surface area contributed by atoms with Gasteiger partial charge in [-0.25, -0.2) is 0 Å². The smallest absolute Gasteiger partial charge is 0.858 e. The van der Waals surface area contributed by atoms with Crippen molar-refractivity contribution in [2.75, 3.05) is 26.2 Å². The zero-order valence-electron chi connectivity index (χ0n) is 14.9. The van der Waals surface area contributed by atoms with E-state index in [1.807, 2.05) is 0 Å². The summed E-state index contributed by atoms with van der Waals surface area (Å²) in [7, 11) is 0. The van der Waals surface area contributed by atoms with E-state index in [0.717, 1.165) is 0 Å². The third kappa shape index (κ3) is 20.6. The summed E-state index contributed by atoms with van der Waals surface area (Å²) in [4.78, 5) is 32.9. The number of carboxylic acids is 2. The first-order chi connectivity index (χ1) is 11.3. The van der Waals surface area contributed by atoms with Gasteiger partial charge in [0.25, 0.3) is 0 Å². The zero-order chi connectivity index (χ0) is 18.5. The maximum atomic E-state index is 11.2. The van der Waals surface area contributed by atoms with Crippen LogP contribution in [0, 0.1) is 0 Å². The number of hydrogen-bond acceptors (Lipinski definition) is 12. The summed E-state index contributed by atoms with van der Waals surface area (Å²) >= 11 is 0. The minimum Gasteiger partial charge on any atom is -0.858 e. The normalized spacial score (nSPS) is 11.9. The Labute approximate surface area is 225 Å². The van der Waals surface area contributed by atoms with E-state index in [4.69, 9.17) is 0 Å². The van der Waals surface area contributed by atoms with E-state index in [1.165, 1.54) is 0 Å². The van der Waals surface area contributed by atoms with Crippen LogP contribution in [0.15, 0.2) is 20.0 Å². The van der Waals surface area contributed by atoms with Crippen LogP contribution >= 0.6 is 0 Å². The maximum absolute atomic E-state index is 11.2. The van der Waals surface area contributed by atoms with Gasteiger partial charge in [0.1, 0.15) is 0 Å². The molecule has 0 saturated carbocycles. The van der Waals surface area contributed by atoms with Gasteiger partial charge in [0.15, 0.2) is 0 Å². The molecule has 152 valence electrons. The zero-order valence-corrected chi connectivity index (χ0v) is 20.8. The maximum Gasteiger partial charge on any atom is 2.00 e. The van der Waals surface area contributed by atoms with Gasteiger partial charge in [-0.05, 0) is 24.6 Å². The molecule has 0 rings (SSSR count). The first-order valence-electron chi connectivity index (χ1n) is 6.54. The van der Waals surface area contributed by atoms with E-state index in [1.54, 1.807) is 0 Å². The minimum atomic E-state index is -1.94. The Bertz CT molecular complexity index is 538. The number of hydrogen-bond donors (Lipinski definition) is 0. The van der Waals surface area contributed by atoms with E-state index in [9.17, 15) is 40.2 Å². The standard InChI is InChI=1S/C12H18N4O8.2Cu.2Na/c17-7(13-3-1-5-15-9(19)11(21)22)8(18)14-4-2-6-16-10(20)12(23)24;;;;/h1-6H2,(H,13,17)(H,14,18)(H,15,19)(H,16,20)(H,21,22)(H,23,24);;;;/q;2*+2;2*+1/p-6. The minimum absolute atomic E-state index is 0. The Morgan fingerprint density at radius 3 is 0.929 bits per heavy atom. The number of carbonyl (C=O) groups is 2. The van der Waals surface area contributed by atoms with Gasteiger partial charge >= 0.3 is 93.3 Å². The van der Waals surface area contributed by atoms with Gasteiger partial charge in [0.2, 0.25) is 0 Å². The summed E-state index contributed by atoms with van der Waals surface area (Å²) < 4.78 is 0. The van der Waals surface area contributed by atoms with Crippen LogP contribution in [-0.4, -0.2) is 61.7 Å². The molecule has 0 spiro atoms. The molecule has 0 fully saturated rings. The summed E-state index contributed by atoms with van der Waals surface area (Å²) in [6, 6.07) is 0. The summed E-state index contributed by atoms with van der Waals surface area (Å²) in [5.41, 5.74) is 0. The molecular weight excluding hydrogens is 501 g/mol. The van der Waals surface area contributed by atoms with E-state index >= 15 is 0 Å².